The topological polar surface area (TPSA) is 38.0 Å². The fraction of sp³-hybridized carbons (Fsp3) is 1.00. The Morgan fingerprint density at radius 2 is 1.79 bits per heavy atom. The summed E-state index contributed by atoms with van der Waals surface area (Å²) in [5, 5.41) is 3.63. The minimum atomic E-state index is 0.419. The predicted octanol–water partition coefficient (Wildman–Crippen LogP) is 1.89. The van der Waals surface area contributed by atoms with Gasteiger partial charge in [-0.2, -0.15) is 0 Å². The molecule has 1 aliphatic carbocycles. The average molecular weight is 196 g/mol. The van der Waals surface area contributed by atoms with E-state index in [0.29, 0.717) is 12.1 Å². The molecule has 1 aliphatic heterocycles. The molecule has 0 aromatic rings. The molecule has 0 spiro atoms. The second-order valence-corrected chi connectivity index (χ2v) is 5.31. The Kier molecular flexibility index (Phi) is 3.45. The van der Waals surface area contributed by atoms with Crippen molar-refractivity contribution in [2.45, 2.75) is 57.5 Å². The highest BCUT2D eigenvalue weighted by atomic mass is 15.0. The molecule has 1 saturated carbocycles. The molecule has 3 N–H and O–H groups in total. The third-order valence-electron chi connectivity index (χ3n) is 4.12. The molecule has 82 valence electrons. The molecule has 0 radical (unpaired) electrons. The fourth-order valence-electron chi connectivity index (χ4n) is 3.10. The Bertz CT molecular complexity index is 173. The van der Waals surface area contributed by atoms with Gasteiger partial charge in [0.05, 0.1) is 0 Å². The summed E-state index contributed by atoms with van der Waals surface area (Å²) in [5.74, 6) is 1.81. The second kappa shape index (κ2) is 4.63. The van der Waals surface area contributed by atoms with Gasteiger partial charge in [-0.15, -0.1) is 0 Å². The van der Waals surface area contributed by atoms with Gasteiger partial charge in [-0.3, -0.25) is 0 Å². The number of nitrogens with one attached hydrogen (secondary N) is 1. The highest BCUT2D eigenvalue weighted by Crippen LogP contribution is 2.32. The van der Waals surface area contributed by atoms with Gasteiger partial charge in [-0.25, -0.2) is 0 Å². The molecule has 2 rings (SSSR count). The molecule has 0 aromatic heterocycles. The van der Waals surface area contributed by atoms with E-state index in [0.717, 1.165) is 11.8 Å². The molecular formula is C12H24N2. The monoisotopic (exact) mass is 196 g/mol. The van der Waals surface area contributed by atoms with Crippen molar-refractivity contribution in [3.63, 3.8) is 0 Å². The van der Waals surface area contributed by atoms with E-state index >= 15 is 0 Å². The molecule has 1 heterocycles. The highest BCUT2D eigenvalue weighted by Gasteiger charge is 2.31. The van der Waals surface area contributed by atoms with E-state index < -0.39 is 0 Å². The normalized spacial score (nSPS) is 45.0. The maximum absolute atomic E-state index is 6.18. The molecule has 2 unspecified atom stereocenters. The summed E-state index contributed by atoms with van der Waals surface area (Å²) in [6, 6.07) is 1.04. The Morgan fingerprint density at radius 3 is 2.43 bits per heavy atom. The second-order valence-electron chi connectivity index (χ2n) is 5.31. The Morgan fingerprint density at radius 1 is 1.07 bits per heavy atom. The standard InChI is InChI=1S/C12H24N2/c1-9-4-6-10(7-5-9)12-11(13)3-2-8-14-12/h9-12,14H,2-8,13H2,1H3. The van der Waals surface area contributed by atoms with Crippen LogP contribution in [-0.4, -0.2) is 18.6 Å². The van der Waals surface area contributed by atoms with E-state index in [4.69, 9.17) is 5.73 Å². The van der Waals surface area contributed by atoms with Gasteiger partial charge in [0.15, 0.2) is 0 Å². The molecule has 1 saturated heterocycles. The molecule has 14 heavy (non-hydrogen) atoms. The SMILES string of the molecule is CC1CCC(C2NCCCC2N)CC1. The van der Waals surface area contributed by atoms with Crippen LogP contribution >= 0.6 is 0 Å². The fourth-order valence-corrected chi connectivity index (χ4v) is 3.10. The van der Waals surface area contributed by atoms with Crippen molar-refractivity contribution < 1.29 is 0 Å². The van der Waals surface area contributed by atoms with E-state index in [9.17, 15) is 0 Å². The zero-order valence-electron chi connectivity index (χ0n) is 9.34. The highest BCUT2D eigenvalue weighted by molar-refractivity contribution is 4.90. The van der Waals surface area contributed by atoms with Crippen molar-refractivity contribution in [2.75, 3.05) is 6.54 Å². The number of rotatable bonds is 1. The van der Waals surface area contributed by atoms with E-state index in [1.807, 2.05) is 0 Å². The maximum Gasteiger partial charge on any atom is 0.0247 e. The first-order chi connectivity index (χ1) is 6.77. The lowest BCUT2D eigenvalue weighted by Crippen LogP contribution is -2.53. The van der Waals surface area contributed by atoms with Crippen LogP contribution in [0.2, 0.25) is 0 Å². The van der Waals surface area contributed by atoms with Crippen molar-refractivity contribution >= 4 is 0 Å². The molecule has 0 bridgehead atoms. The number of hydrogen-bond acceptors (Lipinski definition) is 2. The third kappa shape index (κ3) is 2.29. The van der Waals surface area contributed by atoms with Crippen LogP contribution in [0, 0.1) is 11.8 Å². The van der Waals surface area contributed by atoms with Crippen LogP contribution in [0.25, 0.3) is 0 Å². The molecule has 0 aromatic carbocycles. The van der Waals surface area contributed by atoms with Gasteiger partial charge in [0.25, 0.3) is 0 Å². The van der Waals surface area contributed by atoms with Gasteiger partial charge in [-0.1, -0.05) is 19.8 Å². The molecule has 2 atom stereocenters. The largest absolute Gasteiger partial charge is 0.326 e. The minimum absolute atomic E-state index is 0.419. The van der Waals surface area contributed by atoms with E-state index in [2.05, 4.69) is 12.2 Å². The molecule has 2 heteroatoms. The molecule has 2 aliphatic rings. The van der Waals surface area contributed by atoms with Gasteiger partial charge >= 0.3 is 0 Å². The summed E-state index contributed by atoms with van der Waals surface area (Å²) < 4.78 is 0. The van der Waals surface area contributed by atoms with Crippen LogP contribution in [0.3, 0.4) is 0 Å². The summed E-state index contributed by atoms with van der Waals surface area (Å²) in [4.78, 5) is 0. The smallest absolute Gasteiger partial charge is 0.0247 e. The zero-order valence-corrected chi connectivity index (χ0v) is 9.34. The Labute approximate surface area is 87.6 Å². The summed E-state index contributed by atoms with van der Waals surface area (Å²) in [7, 11) is 0. The quantitative estimate of drug-likeness (QED) is 0.672. The number of piperidine rings is 1. The lowest BCUT2D eigenvalue weighted by Gasteiger charge is -2.39. The van der Waals surface area contributed by atoms with Gasteiger partial charge in [-0.05, 0) is 44.1 Å². The number of nitrogens with two attached hydrogens (primary N) is 1. The van der Waals surface area contributed by atoms with E-state index in [-0.39, 0.29) is 0 Å². The van der Waals surface area contributed by atoms with Crippen molar-refractivity contribution in [3.8, 4) is 0 Å². The first-order valence-corrected chi connectivity index (χ1v) is 6.26. The van der Waals surface area contributed by atoms with Gasteiger partial charge in [0, 0.05) is 12.1 Å². The zero-order chi connectivity index (χ0) is 9.97. The average Bonchev–Trinajstić information content (AvgIpc) is 2.20. The van der Waals surface area contributed by atoms with Crippen molar-refractivity contribution in [2.24, 2.45) is 17.6 Å². The lowest BCUT2D eigenvalue weighted by atomic mass is 9.76. The first kappa shape index (κ1) is 10.4. The third-order valence-corrected chi connectivity index (χ3v) is 4.12. The van der Waals surface area contributed by atoms with Crippen LogP contribution in [0.5, 0.6) is 0 Å². The maximum atomic E-state index is 6.18. The van der Waals surface area contributed by atoms with Crippen LogP contribution in [0.4, 0.5) is 0 Å². The van der Waals surface area contributed by atoms with Crippen LogP contribution < -0.4 is 11.1 Å². The molecule has 2 fully saturated rings. The Hall–Kier alpha value is -0.0800. The van der Waals surface area contributed by atoms with E-state index in [1.165, 1.54) is 45.1 Å². The number of hydrogen-bond donors (Lipinski definition) is 2. The molecule has 0 amide bonds. The van der Waals surface area contributed by atoms with Gasteiger partial charge in [0.2, 0.25) is 0 Å². The summed E-state index contributed by atoms with van der Waals surface area (Å²) >= 11 is 0. The van der Waals surface area contributed by atoms with E-state index in [1.54, 1.807) is 0 Å². The van der Waals surface area contributed by atoms with Crippen LogP contribution in [-0.2, 0) is 0 Å². The lowest BCUT2D eigenvalue weighted by molar-refractivity contribution is 0.188. The summed E-state index contributed by atoms with van der Waals surface area (Å²) in [5.41, 5.74) is 6.18. The minimum Gasteiger partial charge on any atom is -0.326 e. The predicted molar refractivity (Wildman–Crippen MR) is 60.1 cm³/mol. The van der Waals surface area contributed by atoms with Gasteiger partial charge < -0.3 is 11.1 Å². The van der Waals surface area contributed by atoms with Crippen LogP contribution in [0.1, 0.15) is 45.4 Å². The summed E-state index contributed by atoms with van der Waals surface area (Å²) in [6.07, 6.45) is 8.11. The summed E-state index contributed by atoms with van der Waals surface area (Å²) in [6.45, 7) is 3.56. The van der Waals surface area contributed by atoms with Crippen molar-refractivity contribution in [1.82, 2.24) is 5.32 Å². The Balaban J connectivity index is 1.87. The molecule has 2 nitrogen and oxygen atoms in total. The van der Waals surface area contributed by atoms with Crippen LogP contribution in [0.15, 0.2) is 0 Å². The van der Waals surface area contributed by atoms with Crippen molar-refractivity contribution in [1.29, 1.82) is 0 Å². The molecular weight excluding hydrogens is 172 g/mol. The van der Waals surface area contributed by atoms with Crippen molar-refractivity contribution in [3.05, 3.63) is 0 Å². The first-order valence-electron chi connectivity index (χ1n) is 6.26. The van der Waals surface area contributed by atoms with Gasteiger partial charge in [0.1, 0.15) is 0 Å².